The third kappa shape index (κ3) is 4.99. The number of aryl methyl sites for hydroxylation is 1. The quantitative estimate of drug-likeness (QED) is 0.179. The van der Waals surface area contributed by atoms with E-state index in [0.29, 0.717) is 16.8 Å². The molecule has 2 amide bonds. The monoisotopic (exact) mass is 558 g/mol. The van der Waals surface area contributed by atoms with E-state index in [1.165, 1.54) is 51.9 Å². The smallest absolute Gasteiger partial charge is 0.342 e. The molecular weight excluding hydrogens is 520 g/mol. The number of rotatable bonds is 8. The first-order chi connectivity index (χ1) is 18.5. The molecule has 2 aromatic rings. The number of nitrogens with two attached hydrogens (primary N) is 1. The lowest BCUT2D eigenvalue weighted by Gasteiger charge is -2.48. The molecule has 0 aliphatic heterocycles. The molecule has 2 aromatic carbocycles. The second kappa shape index (κ2) is 11.0. The van der Waals surface area contributed by atoms with Gasteiger partial charge in [0, 0.05) is 25.3 Å². The molecule has 0 aromatic heterocycles. The van der Waals surface area contributed by atoms with Crippen LogP contribution in [0, 0.1) is 6.92 Å². The second-order valence-corrected chi connectivity index (χ2v) is 10.7. The van der Waals surface area contributed by atoms with Crippen molar-refractivity contribution in [1.29, 1.82) is 0 Å². The first-order valence-electron chi connectivity index (χ1n) is 12.7. The Balaban J connectivity index is 2.13. The molecule has 1 aliphatic rings. The molecule has 12 heteroatoms. The van der Waals surface area contributed by atoms with Crippen molar-refractivity contribution in [3.8, 4) is 5.75 Å². The van der Waals surface area contributed by atoms with Gasteiger partial charge in [-0.3, -0.25) is 4.79 Å². The highest BCUT2D eigenvalue weighted by Crippen LogP contribution is 2.49. The van der Waals surface area contributed by atoms with E-state index in [-0.39, 0.29) is 17.1 Å². The fraction of sp³-hybridized carbons (Fsp3) is 0.464. The highest BCUT2D eigenvalue weighted by Gasteiger charge is 2.76. The molecule has 3 rings (SSSR count). The predicted molar refractivity (Wildman–Crippen MR) is 147 cm³/mol. The van der Waals surface area contributed by atoms with Gasteiger partial charge in [-0.15, -0.1) is 0 Å². The lowest BCUT2D eigenvalue weighted by atomic mass is 9.73. The Morgan fingerprint density at radius 1 is 1.15 bits per heavy atom. The number of nitrogens with zero attached hydrogens (tertiary/aromatic N) is 1. The predicted octanol–water partition coefficient (Wildman–Crippen LogP) is 0.755. The molecule has 0 heterocycles. The summed E-state index contributed by atoms with van der Waals surface area (Å²) in [6.45, 7) is 4.62. The van der Waals surface area contributed by atoms with Gasteiger partial charge in [-0.1, -0.05) is 24.3 Å². The summed E-state index contributed by atoms with van der Waals surface area (Å²) < 4.78 is 5.45. The minimum Gasteiger partial charge on any atom is -0.507 e. The van der Waals surface area contributed by atoms with E-state index in [9.17, 15) is 34.8 Å². The Kier molecular flexibility index (Phi) is 8.51. The number of aliphatic hydroxyl groups is 3. The number of nitrogens with one attached hydrogen (secondary N) is 2. The Morgan fingerprint density at radius 2 is 1.77 bits per heavy atom. The number of phenolic OH excluding ortho intramolecular Hbond substituents is 1. The molecule has 0 saturated heterocycles. The molecule has 1 aliphatic carbocycles. The van der Waals surface area contributed by atoms with Gasteiger partial charge >= 0.3 is 12.0 Å². The topological polar surface area (TPSA) is 195 Å². The number of esters is 1. The third-order valence-corrected chi connectivity index (χ3v) is 7.90. The molecule has 6 atom stereocenters. The summed E-state index contributed by atoms with van der Waals surface area (Å²) in [6, 6.07) is 7.34. The van der Waals surface area contributed by atoms with Gasteiger partial charge in [-0.05, 0) is 51.5 Å². The van der Waals surface area contributed by atoms with Crippen molar-refractivity contribution in [2.75, 3.05) is 26.0 Å². The molecule has 1 fully saturated rings. The molecule has 0 bridgehead atoms. The number of anilines is 1. The number of ketones is 1. The van der Waals surface area contributed by atoms with Crippen molar-refractivity contribution in [3.63, 3.8) is 0 Å². The van der Waals surface area contributed by atoms with Crippen LogP contribution in [0.5, 0.6) is 5.75 Å². The minimum absolute atomic E-state index is 0.130. The number of ether oxygens (including phenoxy) is 1. The number of urea groups is 1. The Morgan fingerprint density at radius 3 is 2.33 bits per heavy atom. The van der Waals surface area contributed by atoms with E-state index < -0.39 is 53.5 Å². The van der Waals surface area contributed by atoms with Crippen LogP contribution < -0.4 is 16.4 Å². The van der Waals surface area contributed by atoms with E-state index in [1.54, 1.807) is 37.3 Å². The fourth-order valence-corrected chi connectivity index (χ4v) is 5.44. The second-order valence-electron chi connectivity index (χ2n) is 10.7. The van der Waals surface area contributed by atoms with E-state index in [1.807, 2.05) is 0 Å². The van der Waals surface area contributed by atoms with Crippen molar-refractivity contribution < 1.29 is 39.5 Å². The summed E-state index contributed by atoms with van der Waals surface area (Å²) >= 11 is 0. The van der Waals surface area contributed by atoms with Gasteiger partial charge in [0.15, 0.2) is 11.4 Å². The maximum absolute atomic E-state index is 13.0. The maximum atomic E-state index is 13.0. The van der Waals surface area contributed by atoms with E-state index in [4.69, 9.17) is 10.5 Å². The molecule has 0 radical (unpaired) electrons. The fourth-order valence-electron chi connectivity index (χ4n) is 5.44. The van der Waals surface area contributed by atoms with Crippen LogP contribution in [0.4, 0.5) is 10.5 Å². The molecule has 218 valence electrons. The number of carbonyl (C=O) groups excluding carboxylic acids is 3. The molecule has 1 saturated carbocycles. The van der Waals surface area contributed by atoms with Crippen molar-refractivity contribution in [2.45, 2.75) is 62.6 Å². The summed E-state index contributed by atoms with van der Waals surface area (Å²) in [5, 5.41) is 51.1. The number of amides is 2. The summed E-state index contributed by atoms with van der Waals surface area (Å²) in [4.78, 5) is 39.0. The Bertz CT molecular complexity index is 1280. The number of carbonyl (C=O) groups is 3. The molecule has 0 spiro atoms. The van der Waals surface area contributed by atoms with Gasteiger partial charge in [0.05, 0.1) is 18.2 Å². The first-order valence-corrected chi connectivity index (χ1v) is 12.7. The van der Waals surface area contributed by atoms with Crippen molar-refractivity contribution in [1.82, 2.24) is 10.2 Å². The van der Waals surface area contributed by atoms with Crippen molar-refractivity contribution >= 4 is 23.5 Å². The van der Waals surface area contributed by atoms with Gasteiger partial charge in [-0.25, -0.2) is 9.59 Å². The average Bonchev–Trinajstić information content (AvgIpc) is 2.99. The number of hydrogen-bond donors (Lipinski definition) is 7. The van der Waals surface area contributed by atoms with Gasteiger partial charge < -0.3 is 46.4 Å². The number of phenols is 1. The molecular formula is C28H38N4O8. The van der Waals surface area contributed by atoms with Crippen LogP contribution in [0.2, 0.25) is 0 Å². The largest absolute Gasteiger partial charge is 0.507 e. The van der Waals surface area contributed by atoms with Crippen LogP contribution in [0.1, 0.15) is 47.1 Å². The average molecular weight is 559 g/mol. The number of aromatic hydroxyl groups is 1. The number of hydrogen-bond acceptors (Lipinski definition) is 10. The summed E-state index contributed by atoms with van der Waals surface area (Å²) in [7, 11) is 2.90. The van der Waals surface area contributed by atoms with Crippen LogP contribution >= 0.6 is 0 Å². The van der Waals surface area contributed by atoms with Gasteiger partial charge in [0.2, 0.25) is 0 Å². The zero-order valence-electron chi connectivity index (χ0n) is 23.4. The molecule has 8 N–H and O–H groups in total. The van der Waals surface area contributed by atoms with Crippen LogP contribution in [0.15, 0.2) is 42.5 Å². The lowest BCUT2D eigenvalue weighted by molar-refractivity contribution is -0.186. The van der Waals surface area contributed by atoms with E-state index in [2.05, 4.69) is 10.6 Å². The number of benzene rings is 2. The highest BCUT2D eigenvalue weighted by atomic mass is 16.5. The van der Waals surface area contributed by atoms with Gasteiger partial charge in [0.25, 0.3) is 0 Å². The summed E-state index contributed by atoms with van der Waals surface area (Å²) in [6.07, 6.45) is -1.51. The van der Waals surface area contributed by atoms with Crippen LogP contribution in [0.25, 0.3) is 0 Å². The van der Waals surface area contributed by atoms with Crippen LogP contribution in [-0.2, 0) is 4.74 Å². The SMILES string of the molecule is CC(=O)c1cccc(N[C@H]2[C@H](N)[C@@](NC(=O)N(C)C)([C@H](C)O)[C@@](C)(O)[C@@]2(O)COC(=O)c2c(C)cccc2O)c1. The third-order valence-electron chi connectivity index (χ3n) is 7.90. The lowest BCUT2D eigenvalue weighted by Crippen LogP contribution is -2.76. The first kappa shape index (κ1) is 30.8. The summed E-state index contributed by atoms with van der Waals surface area (Å²) in [5.41, 5.74) is 0.728. The van der Waals surface area contributed by atoms with Crippen molar-refractivity contribution in [3.05, 3.63) is 59.2 Å². The van der Waals surface area contributed by atoms with E-state index in [0.717, 1.165) is 0 Å². The highest BCUT2D eigenvalue weighted by molar-refractivity contribution is 5.95. The minimum atomic E-state index is -2.43. The normalized spacial score (nSPS) is 28.4. The number of aliphatic hydroxyl groups excluding tert-OH is 1. The standard InChI is InChI=1S/C28H38N4O8/c1-15-9-7-12-20(35)21(15)24(36)40-14-27(39)23(30-19-11-8-10-18(13-19)16(2)33)22(29)28(17(3)34,26(27,4)38)31-25(37)32(5)6/h7-13,17,22-23,30,34-35,38-39H,14,29H2,1-6H3,(H,31,37)/t17-,22-,23-,26-,27+,28-/m0/s1. The zero-order valence-corrected chi connectivity index (χ0v) is 23.4. The summed E-state index contributed by atoms with van der Waals surface area (Å²) in [5.74, 6) is -1.53. The van der Waals surface area contributed by atoms with Crippen LogP contribution in [-0.4, -0.2) is 98.7 Å². The molecule has 12 nitrogen and oxygen atoms in total. The molecule has 40 heavy (non-hydrogen) atoms. The van der Waals surface area contributed by atoms with Crippen LogP contribution in [0.3, 0.4) is 0 Å². The zero-order chi connectivity index (χ0) is 30.2. The van der Waals surface area contributed by atoms with Crippen molar-refractivity contribution in [2.24, 2.45) is 5.73 Å². The Hall–Kier alpha value is -3.71. The number of Topliss-reactive ketones (excluding diaryl/α,β-unsaturated/α-hetero) is 1. The maximum Gasteiger partial charge on any atom is 0.342 e. The van der Waals surface area contributed by atoms with E-state index >= 15 is 0 Å². The van der Waals surface area contributed by atoms with Gasteiger partial charge in [0.1, 0.15) is 29.1 Å². The van der Waals surface area contributed by atoms with Gasteiger partial charge in [-0.2, -0.15) is 0 Å². The molecule has 0 unspecified atom stereocenters. The Labute approximate surface area is 232 Å².